The van der Waals surface area contributed by atoms with E-state index in [9.17, 15) is 0 Å². The van der Waals surface area contributed by atoms with Crippen molar-refractivity contribution in [2.75, 3.05) is 24.5 Å². The normalized spacial score (nSPS) is 10.7. The average molecular weight is 231 g/mol. The fourth-order valence-corrected chi connectivity index (χ4v) is 1.69. The third-order valence-electron chi connectivity index (χ3n) is 2.65. The van der Waals surface area contributed by atoms with Gasteiger partial charge in [-0.2, -0.15) is 0 Å². The molecular formula is C12H17N5. The SMILES string of the molecule is CCN(CCCN)c1nnc2ccccc2n1. The van der Waals surface area contributed by atoms with Gasteiger partial charge < -0.3 is 10.6 Å². The molecule has 5 heteroatoms. The van der Waals surface area contributed by atoms with E-state index in [0.717, 1.165) is 30.5 Å². The van der Waals surface area contributed by atoms with Gasteiger partial charge in [0.2, 0.25) is 5.95 Å². The molecule has 0 amide bonds. The third-order valence-corrected chi connectivity index (χ3v) is 2.65. The summed E-state index contributed by atoms with van der Waals surface area (Å²) in [5, 5.41) is 8.33. The molecule has 0 aliphatic heterocycles. The summed E-state index contributed by atoms with van der Waals surface area (Å²) in [7, 11) is 0. The molecule has 0 unspecified atom stereocenters. The standard InChI is InChI=1S/C12H17N5/c1-2-17(9-5-8-13)12-14-10-6-3-4-7-11(10)15-16-12/h3-4,6-7H,2,5,8-9,13H2,1H3. The maximum atomic E-state index is 5.52. The van der Waals surface area contributed by atoms with Gasteiger partial charge in [-0.15, -0.1) is 10.2 Å². The molecule has 90 valence electrons. The van der Waals surface area contributed by atoms with Crippen molar-refractivity contribution in [3.05, 3.63) is 24.3 Å². The van der Waals surface area contributed by atoms with Gasteiger partial charge in [-0.05, 0) is 32.0 Å². The largest absolute Gasteiger partial charge is 0.340 e. The van der Waals surface area contributed by atoms with Crippen LogP contribution in [0, 0.1) is 0 Å². The summed E-state index contributed by atoms with van der Waals surface area (Å²) >= 11 is 0. The second-order valence-corrected chi connectivity index (χ2v) is 3.82. The second kappa shape index (κ2) is 5.54. The lowest BCUT2D eigenvalue weighted by Gasteiger charge is -2.19. The van der Waals surface area contributed by atoms with Crippen molar-refractivity contribution in [3.63, 3.8) is 0 Å². The minimum atomic E-state index is 0.678. The van der Waals surface area contributed by atoms with Crippen LogP contribution in [0.4, 0.5) is 5.95 Å². The number of nitrogens with zero attached hydrogens (tertiary/aromatic N) is 4. The Morgan fingerprint density at radius 2 is 1.94 bits per heavy atom. The summed E-state index contributed by atoms with van der Waals surface area (Å²) in [4.78, 5) is 6.60. The predicted octanol–water partition coefficient (Wildman–Crippen LogP) is 1.20. The summed E-state index contributed by atoms with van der Waals surface area (Å²) < 4.78 is 0. The Kier molecular flexibility index (Phi) is 3.82. The van der Waals surface area contributed by atoms with Crippen LogP contribution in [0.2, 0.25) is 0 Å². The van der Waals surface area contributed by atoms with Gasteiger partial charge in [-0.25, -0.2) is 4.98 Å². The predicted molar refractivity (Wildman–Crippen MR) is 68.9 cm³/mol. The molecule has 0 aliphatic rings. The van der Waals surface area contributed by atoms with Crippen molar-refractivity contribution in [1.29, 1.82) is 0 Å². The van der Waals surface area contributed by atoms with Crippen molar-refractivity contribution in [1.82, 2.24) is 15.2 Å². The van der Waals surface area contributed by atoms with E-state index in [1.54, 1.807) is 0 Å². The molecule has 0 saturated carbocycles. The van der Waals surface area contributed by atoms with E-state index < -0.39 is 0 Å². The third kappa shape index (κ3) is 2.68. The van der Waals surface area contributed by atoms with Gasteiger partial charge in [0.25, 0.3) is 0 Å². The van der Waals surface area contributed by atoms with Crippen LogP contribution in [0.25, 0.3) is 11.0 Å². The van der Waals surface area contributed by atoms with Gasteiger partial charge >= 0.3 is 0 Å². The van der Waals surface area contributed by atoms with E-state index >= 15 is 0 Å². The molecule has 2 rings (SSSR count). The van der Waals surface area contributed by atoms with E-state index in [4.69, 9.17) is 5.73 Å². The van der Waals surface area contributed by atoms with Crippen molar-refractivity contribution in [2.45, 2.75) is 13.3 Å². The first-order chi connectivity index (χ1) is 8.35. The first-order valence-corrected chi connectivity index (χ1v) is 5.89. The summed E-state index contributed by atoms with van der Waals surface area (Å²) in [5.74, 6) is 0.680. The van der Waals surface area contributed by atoms with Gasteiger partial charge in [-0.1, -0.05) is 12.1 Å². The quantitative estimate of drug-likeness (QED) is 0.837. The van der Waals surface area contributed by atoms with Crippen LogP contribution < -0.4 is 10.6 Å². The number of fused-ring (bicyclic) bond motifs is 1. The highest BCUT2D eigenvalue weighted by Gasteiger charge is 2.08. The second-order valence-electron chi connectivity index (χ2n) is 3.82. The number of hydrogen-bond donors (Lipinski definition) is 1. The maximum absolute atomic E-state index is 5.52. The molecule has 1 heterocycles. The highest BCUT2D eigenvalue weighted by atomic mass is 15.3. The van der Waals surface area contributed by atoms with Crippen molar-refractivity contribution in [2.24, 2.45) is 5.73 Å². The Morgan fingerprint density at radius 1 is 1.18 bits per heavy atom. The number of nitrogens with two attached hydrogens (primary N) is 1. The highest BCUT2D eigenvalue weighted by molar-refractivity contribution is 5.74. The number of para-hydroxylation sites is 1. The first-order valence-electron chi connectivity index (χ1n) is 5.89. The lowest BCUT2D eigenvalue weighted by atomic mass is 10.3. The smallest absolute Gasteiger partial charge is 0.245 e. The average Bonchev–Trinajstić information content (AvgIpc) is 2.39. The molecule has 0 radical (unpaired) electrons. The molecule has 1 aromatic carbocycles. The van der Waals surface area contributed by atoms with Gasteiger partial charge in [0.1, 0.15) is 5.52 Å². The van der Waals surface area contributed by atoms with E-state index in [2.05, 4.69) is 27.0 Å². The minimum absolute atomic E-state index is 0.678. The Bertz CT molecular complexity index is 485. The number of aromatic nitrogens is 3. The van der Waals surface area contributed by atoms with E-state index in [1.165, 1.54) is 0 Å². The molecule has 17 heavy (non-hydrogen) atoms. The number of anilines is 1. The van der Waals surface area contributed by atoms with Crippen molar-refractivity contribution >= 4 is 17.0 Å². The van der Waals surface area contributed by atoms with Crippen LogP contribution in [0.5, 0.6) is 0 Å². The molecule has 2 N–H and O–H groups in total. The lowest BCUT2D eigenvalue weighted by Crippen LogP contribution is -2.27. The summed E-state index contributed by atoms with van der Waals surface area (Å²) in [6.07, 6.45) is 0.935. The zero-order valence-electron chi connectivity index (χ0n) is 10.0. The van der Waals surface area contributed by atoms with Crippen molar-refractivity contribution < 1.29 is 0 Å². The molecule has 0 aliphatic carbocycles. The van der Waals surface area contributed by atoms with Crippen LogP contribution in [-0.4, -0.2) is 34.8 Å². The van der Waals surface area contributed by atoms with Gasteiger partial charge in [0, 0.05) is 13.1 Å². The van der Waals surface area contributed by atoms with Gasteiger partial charge in [-0.3, -0.25) is 0 Å². The molecule has 0 bridgehead atoms. The van der Waals surface area contributed by atoms with Gasteiger partial charge in [0.05, 0.1) is 5.52 Å². The zero-order valence-corrected chi connectivity index (χ0v) is 10.0. The van der Waals surface area contributed by atoms with Gasteiger partial charge in [0.15, 0.2) is 0 Å². The minimum Gasteiger partial charge on any atom is -0.340 e. The topological polar surface area (TPSA) is 67.9 Å². The number of rotatable bonds is 5. The molecule has 0 fully saturated rings. The number of hydrogen-bond acceptors (Lipinski definition) is 5. The van der Waals surface area contributed by atoms with Crippen LogP contribution in [-0.2, 0) is 0 Å². The van der Waals surface area contributed by atoms with Crippen molar-refractivity contribution in [3.8, 4) is 0 Å². The highest BCUT2D eigenvalue weighted by Crippen LogP contribution is 2.12. The van der Waals surface area contributed by atoms with Crippen LogP contribution in [0.3, 0.4) is 0 Å². The molecular weight excluding hydrogens is 214 g/mol. The number of benzene rings is 1. The van der Waals surface area contributed by atoms with E-state index in [0.29, 0.717) is 12.5 Å². The first kappa shape index (κ1) is 11.7. The molecule has 5 nitrogen and oxygen atoms in total. The monoisotopic (exact) mass is 231 g/mol. The maximum Gasteiger partial charge on any atom is 0.245 e. The molecule has 2 aromatic rings. The Hall–Kier alpha value is -1.75. The molecule has 1 aromatic heterocycles. The fourth-order valence-electron chi connectivity index (χ4n) is 1.69. The lowest BCUT2D eigenvalue weighted by molar-refractivity contribution is 0.726. The Balaban J connectivity index is 2.27. The Labute approximate surface area is 101 Å². The van der Waals surface area contributed by atoms with Crippen LogP contribution in [0.1, 0.15) is 13.3 Å². The summed E-state index contributed by atoms with van der Waals surface area (Å²) in [5.41, 5.74) is 7.22. The molecule has 0 spiro atoms. The fraction of sp³-hybridized carbons (Fsp3) is 0.417. The summed E-state index contributed by atoms with van der Waals surface area (Å²) in [6, 6.07) is 7.75. The molecule has 0 atom stereocenters. The van der Waals surface area contributed by atoms with Crippen LogP contribution in [0.15, 0.2) is 24.3 Å². The molecule has 0 saturated heterocycles. The van der Waals surface area contributed by atoms with Crippen LogP contribution >= 0.6 is 0 Å². The van der Waals surface area contributed by atoms with E-state index in [-0.39, 0.29) is 0 Å². The Morgan fingerprint density at radius 3 is 2.65 bits per heavy atom. The van der Waals surface area contributed by atoms with E-state index in [1.807, 2.05) is 24.3 Å². The summed E-state index contributed by atoms with van der Waals surface area (Å²) in [6.45, 7) is 4.49. The zero-order chi connectivity index (χ0) is 12.1.